The molecule has 0 amide bonds. The molecule has 1 atom stereocenters. The Hall–Kier alpha value is -1.86. The van der Waals surface area contributed by atoms with Crippen molar-refractivity contribution in [1.29, 1.82) is 0 Å². The molecular weight excluding hydrogens is 354 g/mol. The maximum absolute atomic E-state index is 4.78. The van der Waals surface area contributed by atoms with Crippen molar-refractivity contribution in [2.75, 3.05) is 19.6 Å². The highest BCUT2D eigenvalue weighted by molar-refractivity contribution is 7.13. The lowest BCUT2D eigenvalue weighted by Gasteiger charge is -2.36. The lowest BCUT2D eigenvalue weighted by molar-refractivity contribution is 0.152. The Kier molecular flexibility index (Phi) is 6.09. The molecule has 1 fully saturated rings. The van der Waals surface area contributed by atoms with E-state index in [9.17, 15) is 0 Å². The number of hydrogen-bond acceptors (Lipinski definition) is 6. The Morgan fingerprint density at radius 1 is 1.16 bits per heavy atom. The monoisotopic (exact) mass is 373 g/mol. The largest absolute Gasteiger partial charge is 0.314 e. The van der Waals surface area contributed by atoms with Crippen molar-refractivity contribution in [2.45, 2.75) is 12.6 Å². The third-order valence-electron chi connectivity index (χ3n) is 4.25. The van der Waals surface area contributed by atoms with E-state index >= 15 is 0 Å². The van der Waals surface area contributed by atoms with E-state index in [0.717, 1.165) is 42.6 Å². The molecule has 3 aromatic rings. The van der Waals surface area contributed by atoms with E-state index in [1.165, 1.54) is 5.56 Å². The summed E-state index contributed by atoms with van der Waals surface area (Å²) in [6, 6.07) is 10.5. The third-order valence-corrected chi connectivity index (χ3v) is 5.16. The number of hydrogen-bond donors (Lipinski definition) is 1. The molecule has 1 unspecified atom stereocenters. The van der Waals surface area contributed by atoms with Crippen LogP contribution in [0.3, 0.4) is 0 Å². The Labute approximate surface area is 157 Å². The van der Waals surface area contributed by atoms with Crippen LogP contribution >= 0.6 is 23.7 Å². The van der Waals surface area contributed by atoms with Crippen LogP contribution < -0.4 is 5.32 Å². The summed E-state index contributed by atoms with van der Waals surface area (Å²) in [7, 11) is 0. The zero-order valence-electron chi connectivity index (χ0n) is 13.7. The number of aromatic nitrogens is 3. The van der Waals surface area contributed by atoms with Crippen LogP contribution in [0, 0.1) is 0 Å². The molecule has 1 aliphatic heterocycles. The fourth-order valence-electron chi connectivity index (χ4n) is 3.04. The number of halogens is 1. The first-order valence-electron chi connectivity index (χ1n) is 8.10. The van der Waals surface area contributed by atoms with Gasteiger partial charge in [0, 0.05) is 56.2 Å². The Bertz CT molecular complexity index is 780. The maximum Gasteiger partial charge on any atom is 0.142 e. The number of rotatable bonds is 4. The van der Waals surface area contributed by atoms with E-state index in [1.54, 1.807) is 11.3 Å². The summed E-state index contributed by atoms with van der Waals surface area (Å²) in [5.41, 5.74) is 3.36. The molecule has 0 aliphatic carbocycles. The second-order valence-corrected chi connectivity index (χ2v) is 6.69. The highest BCUT2D eigenvalue weighted by Crippen LogP contribution is 2.26. The van der Waals surface area contributed by atoms with Gasteiger partial charge < -0.3 is 5.32 Å². The van der Waals surface area contributed by atoms with Crippen LogP contribution in [0.4, 0.5) is 0 Å². The first kappa shape index (κ1) is 17.9. The lowest BCUT2D eigenvalue weighted by Crippen LogP contribution is -2.45. The molecule has 0 spiro atoms. The van der Waals surface area contributed by atoms with Crippen molar-refractivity contribution >= 4 is 23.7 Å². The second-order valence-electron chi connectivity index (χ2n) is 5.83. The summed E-state index contributed by atoms with van der Waals surface area (Å²) < 4.78 is 0. The minimum Gasteiger partial charge on any atom is -0.314 e. The van der Waals surface area contributed by atoms with E-state index < -0.39 is 0 Å². The van der Waals surface area contributed by atoms with Crippen molar-refractivity contribution in [3.8, 4) is 10.7 Å². The number of nitrogens with one attached hydrogen (secondary N) is 1. The van der Waals surface area contributed by atoms with Gasteiger partial charge in [-0.3, -0.25) is 14.9 Å². The molecule has 130 valence electrons. The standard InChI is InChI=1S/C18H19N5S.ClH/c1-2-6-21-16(3-1)18-22-15(13-24-18)12-23-10-9-20-11-17(23)14-4-7-19-8-5-14;/h1-8,13,17,20H,9-12H2;1H. The predicted molar refractivity (Wildman–Crippen MR) is 103 cm³/mol. The molecule has 4 rings (SSSR count). The highest BCUT2D eigenvalue weighted by Gasteiger charge is 2.24. The quantitative estimate of drug-likeness (QED) is 0.761. The average molecular weight is 374 g/mol. The van der Waals surface area contributed by atoms with E-state index in [1.807, 2.05) is 36.8 Å². The van der Waals surface area contributed by atoms with Gasteiger partial charge in [0.1, 0.15) is 5.01 Å². The van der Waals surface area contributed by atoms with Gasteiger partial charge in [-0.05, 0) is 29.8 Å². The van der Waals surface area contributed by atoms with Crippen LogP contribution in [0.5, 0.6) is 0 Å². The lowest BCUT2D eigenvalue weighted by atomic mass is 10.0. The number of pyridine rings is 2. The molecule has 25 heavy (non-hydrogen) atoms. The van der Waals surface area contributed by atoms with Gasteiger partial charge in [-0.1, -0.05) is 6.07 Å². The molecule has 4 heterocycles. The summed E-state index contributed by atoms with van der Waals surface area (Å²) in [6.07, 6.45) is 5.54. The summed E-state index contributed by atoms with van der Waals surface area (Å²) in [4.78, 5) is 15.8. The zero-order valence-corrected chi connectivity index (χ0v) is 15.3. The Balaban J connectivity index is 0.00000182. The van der Waals surface area contributed by atoms with Gasteiger partial charge in [-0.2, -0.15) is 0 Å². The summed E-state index contributed by atoms with van der Waals surface area (Å²) in [5.74, 6) is 0. The van der Waals surface area contributed by atoms with Crippen molar-refractivity contribution in [1.82, 2.24) is 25.2 Å². The summed E-state index contributed by atoms with van der Waals surface area (Å²) in [5, 5.41) is 6.63. The van der Waals surface area contributed by atoms with Gasteiger partial charge in [0.2, 0.25) is 0 Å². The summed E-state index contributed by atoms with van der Waals surface area (Å²) >= 11 is 1.66. The fraction of sp³-hybridized carbons (Fsp3) is 0.278. The first-order valence-corrected chi connectivity index (χ1v) is 8.98. The molecular formula is C18H20ClN5S. The van der Waals surface area contributed by atoms with Crippen molar-refractivity contribution in [3.05, 3.63) is 65.6 Å². The number of thiazole rings is 1. The molecule has 7 heteroatoms. The maximum atomic E-state index is 4.78. The van der Waals surface area contributed by atoms with Crippen LogP contribution in [-0.4, -0.2) is 39.5 Å². The molecule has 1 saturated heterocycles. The zero-order chi connectivity index (χ0) is 16.2. The first-order chi connectivity index (χ1) is 11.9. The third kappa shape index (κ3) is 4.22. The van der Waals surface area contributed by atoms with Crippen LogP contribution in [-0.2, 0) is 6.54 Å². The average Bonchev–Trinajstić information content (AvgIpc) is 3.12. The molecule has 1 N–H and O–H groups in total. The predicted octanol–water partition coefficient (Wildman–Crippen LogP) is 3.17. The van der Waals surface area contributed by atoms with Crippen molar-refractivity contribution in [3.63, 3.8) is 0 Å². The van der Waals surface area contributed by atoms with Crippen LogP contribution in [0.25, 0.3) is 10.7 Å². The summed E-state index contributed by atoms with van der Waals surface area (Å²) in [6.45, 7) is 3.85. The second kappa shape index (κ2) is 8.49. The fourth-order valence-corrected chi connectivity index (χ4v) is 3.83. The molecule has 0 saturated carbocycles. The minimum absolute atomic E-state index is 0. The van der Waals surface area contributed by atoms with Crippen LogP contribution in [0.2, 0.25) is 0 Å². The Morgan fingerprint density at radius 2 is 2.04 bits per heavy atom. The SMILES string of the molecule is Cl.c1ccc(-c2nc(CN3CCNCC3c3ccncc3)cs2)nc1. The van der Waals surface area contributed by atoms with Crippen molar-refractivity contribution < 1.29 is 0 Å². The van der Waals surface area contributed by atoms with Gasteiger partial charge in [0.15, 0.2) is 0 Å². The van der Waals surface area contributed by atoms with E-state index in [0.29, 0.717) is 6.04 Å². The number of piperazine rings is 1. The number of nitrogens with zero attached hydrogens (tertiary/aromatic N) is 4. The van der Waals surface area contributed by atoms with E-state index in [4.69, 9.17) is 4.98 Å². The molecule has 0 bridgehead atoms. The highest BCUT2D eigenvalue weighted by atomic mass is 35.5. The Morgan fingerprint density at radius 3 is 2.84 bits per heavy atom. The van der Waals surface area contributed by atoms with Crippen LogP contribution in [0.1, 0.15) is 17.3 Å². The molecule has 1 aliphatic rings. The van der Waals surface area contributed by atoms with E-state index in [-0.39, 0.29) is 12.4 Å². The van der Waals surface area contributed by atoms with Gasteiger partial charge in [-0.25, -0.2) is 4.98 Å². The van der Waals surface area contributed by atoms with E-state index in [2.05, 4.69) is 37.7 Å². The topological polar surface area (TPSA) is 53.9 Å². The van der Waals surface area contributed by atoms with Gasteiger partial charge in [-0.15, -0.1) is 23.7 Å². The smallest absolute Gasteiger partial charge is 0.142 e. The van der Waals surface area contributed by atoms with Crippen LogP contribution in [0.15, 0.2) is 54.3 Å². The minimum atomic E-state index is 0. The molecule has 3 aromatic heterocycles. The van der Waals surface area contributed by atoms with Gasteiger partial charge in [0.25, 0.3) is 0 Å². The molecule has 0 radical (unpaired) electrons. The molecule has 0 aromatic carbocycles. The van der Waals surface area contributed by atoms with Crippen molar-refractivity contribution in [2.24, 2.45) is 0 Å². The van der Waals surface area contributed by atoms with Gasteiger partial charge in [0.05, 0.1) is 11.4 Å². The molecule has 5 nitrogen and oxygen atoms in total. The van der Waals surface area contributed by atoms with Gasteiger partial charge >= 0.3 is 0 Å². The normalized spacial score (nSPS) is 17.8.